The van der Waals surface area contributed by atoms with E-state index in [9.17, 15) is 14.7 Å². The molecule has 1 amide bonds. The molecular formula is C25H22ClNO4. The van der Waals surface area contributed by atoms with Crippen LogP contribution in [-0.4, -0.2) is 29.6 Å². The third-order valence-electron chi connectivity index (χ3n) is 5.68. The smallest absolute Gasteiger partial charge is 0.330 e. The fraction of sp³-hybridized carbons (Fsp3) is 0.200. The second kappa shape index (κ2) is 8.44. The van der Waals surface area contributed by atoms with E-state index in [1.807, 2.05) is 42.5 Å². The van der Waals surface area contributed by atoms with Crippen molar-refractivity contribution in [2.24, 2.45) is 0 Å². The fourth-order valence-corrected chi connectivity index (χ4v) is 4.16. The Balaban J connectivity index is 1.52. The van der Waals surface area contributed by atoms with Crippen LogP contribution in [0.4, 0.5) is 0 Å². The summed E-state index contributed by atoms with van der Waals surface area (Å²) in [5.41, 5.74) is 3.30. The number of amides is 1. The zero-order chi connectivity index (χ0) is 22.0. The Morgan fingerprint density at radius 3 is 2.26 bits per heavy atom. The van der Waals surface area contributed by atoms with Crippen LogP contribution in [0.25, 0.3) is 11.1 Å². The summed E-state index contributed by atoms with van der Waals surface area (Å²) < 4.78 is 5.13. The fourth-order valence-electron chi connectivity index (χ4n) is 4.03. The van der Waals surface area contributed by atoms with Crippen molar-refractivity contribution in [2.75, 3.05) is 7.11 Å². The van der Waals surface area contributed by atoms with Crippen LogP contribution in [0, 0.1) is 0 Å². The molecule has 2 N–H and O–H groups in total. The number of hydrogen-bond acceptors (Lipinski definition) is 3. The first-order chi connectivity index (χ1) is 14.9. The lowest BCUT2D eigenvalue weighted by Gasteiger charge is -2.25. The summed E-state index contributed by atoms with van der Waals surface area (Å²) in [5.74, 6) is -0.646. The van der Waals surface area contributed by atoms with E-state index in [2.05, 4.69) is 5.32 Å². The van der Waals surface area contributed by atoms with E-state index in [1.54, 1.807) is 31.4 Å². The zero-order valence-electron chi connectivity index (χ0n) is 17.0. The molecule has 5 nitrogen and oxygen atoms in total. The minimum absolute atomic E-state index is 0.103. The number of rotatable bonds is 6. The summed E-state index contributed by atoms with van der Waals surface area (Å²) in [6, 6.07) is 20.6. The topological polar surface area (TPSA) is 75.6 Å². The van der Waals surface area contributed by atoms with Crippen LogP contribution >= 0.6 is 11.6 Å². The largest absolute Gasteiger partial charge is 0.497 e. The lowest BCUT2D eigenvalue weighted by molar-refractivity contribution is -0.147. The minimum atomic E-state index is -1.34. The molecule has 0 aromatic heterocycles. The second-order valence-corrected chi connectivity index (χ2v) is 8.24. The van der Waals surface area contributed by atoms with Gasteiger partial charge in [0.25, 0.3) is 0 Å². The van der Waals surface area contributed by atoms with E-state index in [1.165, 1.54) is 0 Å². The van der Waals surface area contributed by atoms with Crippen molar-refractivity contribution in [1.82, 2.24) is 5.32 Å². The van der Waals surface area contributed by atoms with Crippen LogP contribution < -0.4 is 10.1 Å². The maximum atomic E-state index is 12.7. The lowest BCUT2D eigenvalue weighted by atomic mass is 9.95. The van der Waals surface area contributed by atoms with Crippen LogP contribution in [0.15, 0.2) is 66.7 Å². The van der Waals surface area contributed by atoms with Gasteiger partial charge in [0.15, 0.2) is 0 Å². The Morgan fingerprint density at radius 1 is 0.968 bits per heavy atom. The molecule has 0 aliphatic heterocycles. The van der Waals surface area contributed by atoms with Gasteiger partial charge in [0.2, 0.25) is 5.91 Å². The highest BCUT2D eigenvalue weighted by Crippen LogP contribution is 2.34. The number of ether oxygens (including phenoxy) is 1. The Hall–Kier alpha value is -3.31. The van der Waals surface area contributed by atoms with Gasteiger partial charge < -0.3 is 15.2 Å². The average molecular weight is 436 g/mol. The van der Waals surface area contributed by atoms with Crippen molar-refractivity contribution in [1.29, 1.82) is 0 Å². The van der Waals surface area contributed by atoms with E-state index in [0.29, 0.717) is 10.8 Å². The predicted molar refractivity (Wildman–Crippen MR) is 120 cm³/mol. The second-order valence-electron chi connectivity index (χ2n) is 7.80. The van der Waals surface area contributed by atoms with Crippen molar-refractivity contribution in [2.45, 2.75) is 24.8 Å². The highest BCUT2D eigenvalue weighted by atomic mass is 35.5. The number of aliphatic carboxylic acids is 1. The highest BCUT2D eigenvalue weighted by Gasteiger charge is 2.45. The first-order valence-electron chi connectivity index (χ1n) is 9.94. The Bertz CT molecular complexity index is 1130. The Labute approximate surface area is 185 Å². The lowest BCUT2D eigenvalue weighted by Crippen LogP contribution is -2.55. The van der Waals surface area contributed by atoms with Crippen molar-refractivity contribution in [3.8, 4) is 16.9 Å². The number of carboxylic acids is 1. The third-order valence-corrected chi connectivity index (χ3v) is 5.93. The van der Waals surface area contributed by atoms with Crippen molar-refractivity contribution < 1.29 is 19.4 Å². The molecule has 0 radical (unpaired) electrons. The number of carbonyl (C=O) groups excluding carboxylic acids is 1. The number of carboxylic acid groups (broad SMARTS) is 1. The molecule has 158 valence electrons. The molecule has 1 atom stereocenters. The molecule has 31 heavy (non-hydrogen) atoms. The average Bonchev–Trinajstić information content (AvgIpc) is 3.13. The van der Waals surface area contributed by atoms with Crippen LogP contribution in [0.2, 0.25) is 5.02 Å². The monoisotopic (exact) mass is 435 g/mol. The van der Waals surface area contributed by atoms with Gasteiger partial charge in [-0.15, -0.1) is 0 Å². The van der Waals surface area contributed by atoms with Crippen molar-refractivity contribution in [3.63, 3.8) is 0 Å². The summed E-state index contributed by atoms with van der Waals surface area (Å²) in [7, 11) is 1.58. The quantitative estimate of drug-likeness (QED) is 0.605. The Morgan fingerprint density at radius 2 is 1.61 bits per heavy atom. The maximum Gasteiger partial charge on any atom is 0.330 e. The molecule has 1 unspecified atom stereocenters. The molecule has 4 rings (SSSR count). The summed E-state index contributed by atoms with van der Waals surface area (Å²) >= 11 is 5.98. The summed E-state index contributed by atoms with van der Waals surface area (Å²) in [6.45, 7) is 0. The van der Waals surface area contributed by atoms with Crippen LogP contribution in [0.5, 0.6) is 5.75 Å². The summed E-state index contributed by atoms with van der Waals surface area (Å²) in [5, 5.41) is 13.4. The minimum Gasteiger partial charge on any atom is -0.497 e. The molecule has 1 aliphatic rings. The van der Waals surface area contributed by atoms with Crippen LogP contribution in [0.1, 0.15) is 16.7 Å². The van der Waals surface area contributed by atoms with Crippen LogP contribution in [-0.2, 0) is 28.9 Å². The first-order valence-corrected chi connectivity index (χ1v) is 10.3. The summed E-state index contributed by atoms with van der Waals surface area (Å²) in [4.78, 5) is 24.9. The molecule has 0 spiro atoms. The highest BCUT2D eigenvalue weighted by molar-refractivity contribution is 6.30. The predicted octanol–water partition coefficient (Wildman–Crippen LogP) is 4.30. The standard InChI is InChI=1S/C25H22ClNO4/c1-31-22-10-2-16(3-11-22)12-23(28)27-25(24(29)30)14-19-5-4-18(13-20(19)15-25)17-6-8-21(26)9-7-17/h2-11,13H,12,14-15H2,1H3,(H,27,28)(H,29,30). The number of hydrogen-bond donors (Lipinski definition) is 2. The molecule has 6 heteroatoms. The van der Waals surface area contributed by atoms with Gasteiger partial charge in [0.05, 0.1) is 13.5 Å². The molecule has 3 aromatic carbocycles. The zero-order valence-corrected chi connectivity index (χ0v) is 17.8. The van der Waals surface area contributed by atoms with E-state index >= 15 is 0 Å². The molecule has 0 saturated heterocycles. The van der Waals surface area contributed by atoms with Gasteiger partial charge in [-0.3, -0.25) is 4.79 Å². The number of benzene rings is 3. The SMILES string of the molecule is COc1ccc(CC(=O)NC2(C(=O)O)Cc3ccc(-c4ccc(Cl)cc4)cc3C2)cc1. The number of nitrogens with one attached hydrogen (secondary N) is 1. The van der Waals surface area contributed by atoms with E-state index in [4.69, 9.17) is 16.3 Å². The van der Waals surface area contributed by atoms with E-state index in [0.717, 1.165) is 27.8 Å². The molecular weight excluding hydrogens is 414 g/mol. The molecule has 0 saturated carbocycles. The van der Waals surface area contributed by atoms with Gasteiger partial charge in [0, 0.05) is 17.9 Å². The van der Waals surface area contributed by atoms with Gasteiger partial charge in [0.1, 0.15) is 11.3 Å². The Kier molecular flexibility index (Phi) is 5.70. The normalized spacial score (nSPS) is 17.1. The van der Waals surface area contributed by atoms with Gasteiger partial charge in [-0.05, 0) is 52.1 Å². The van der Waals surface area contributed by atoms with Crippen LogP contribution in [0.3, 0.4) is 0 Å². The summed E-state index contributed by atoms with van der Waals surface area (Å²) in [6.07, 6.45) is 0.603. The number of methoxy groups -OCH3 is 1. The molecule has 0 heterocycles. The third kappa shape index (κ3) is 4.42. The van der Waals surface area contributed by atoms with Gasteiger partial charge in [-0.25, -0.2) is 4.79 Å². The molecule has 0 fully saturated rings. The van der Waals surface area contributed by atoms with Gasteiger partial charge in [-0.1, -0.05) is 54.1 Å². The van der Waals surface area contributed by atoms with E-state index < -0.39 is 11.5 Å². The maximum absolute atomic E-state index is 12.7. The number of carbonyl (C=O) groups is 2. The molecule has 1 aliphatic carbocycles. The number of halogens is 1. The van der Waals surface area contributed by atoms with E-state index in [-0.39, 0.29) is 25.2 Å². The number of fused-ring (bicyclic) bond motifs is 1. The van der Waals surface area contributed by atoms with Gasteiger partial charge in [-0.2, -0.15) is 0 Å². The first kappa shape index (κ1) is 20.9. The molecule has 3 aromatic rings. The van der Waals surface area contributed by atoms with Crippen molar-refractivity contribution >= 4 is 23.5 Å². The van der Waals surface area contributed by atoms with Crippen molar-refractivity contribution in [3.05, 3.63) is 88.4 Å². The van der Waals surface area contributed by atoms with Gasteiger partial charge >= 0.3 is 5.97 Å². The molecule has 0 bridgehead atoms.